The van der Waals surface area contributed by atoms with E-state index < -0.39 is 19.7 Å². The quantitative estimate of drug-likeness (QED) is 0.677. The van der Waals surface area contributed by atoms with Crippen LogP contribution in [0.15, 0.2) is 62.7 Å². The Labute approximate surface area is 162 Å². The zero-order valence-corrected chi connectivity index (χ0v) is 17.4. The fraction of sp³-hybridized carbons (Fsp3) is 0.167. The third-order valence-corrected chi connectivity index (χ3v) is 8.27. The summed E-state index contributed by atoms with van der Waals surface area (Å²) in [7, 11) is -5.85. The van der Waals surface area contributed by atoms with Gasteiger partial charge in [-0.15, -0.1) is 0 Å². The normalized spacial score (nSPS) is 12.1. The molecular weight excluding hydrogens is 404 g/mol. The first-order chi connectivity index (χ1) is 12.6. The number of benzene rings is 2. The first kappa shape index (κ1) is 19.5. The highest BCUT2D eigenvalue weighted by molar-refractivity contribution is 7.93. The number of nitrogens with zero attached hydrogens (tertiary/aromatic N) is 1. The van der Waals surface area contributed by atoms with Gasteiger partial charge in [-0.3, -0.25) is 0 Å². The van der Waals surface area contributed by atoms with Gasteiger partial charge in [0.2, 0.25) is 9.84 Å². The molecule has 0 spiro atoms. The second kappa shape index (κ2) is 7.06. The maximum atomic E-state index is 13.0. The smallest absolute Gasteiger partial charge is 0.217 e. The van der Waals surface area contributed by atoms with Gasteiger partial charge in [0.15, 0.2) is 15.0 Å². The van der Waals surface area contributed by atoms with Crippen LogP contribution in [0.3, 0.4) is 0 Å². The number of sulfone groups is 2. The number of hydrogen-bond donors (Lipinski definition) is 1. The molecule has 0 aliphatic heterocycles. The summed E-state index contributed by atoms with van der Waals surface area (Å²) in [5.74, 6) is 0. The summed E-state index contributed by atoms with van der Waals surface area (Å²) in [6, 6.07) is 11.6. The largest absolute Gasteiger partial charge is 0.365 e. The number of nitrogens with one attached hydrogen (secondary N) is 1. The average Bonchev–Trinajstić information content (AvgIpc) is 3.11. The Morgan fingerprint density at radius 2 is 1.56 bits per heavy atom. The minimum atomic E-state index is -3.90. The molecule has 0 amide bonds. The van der Waals surface area contributed by atoms with Gasteiger partial charge in [-0.1, -0.05) is 41.2 Å². The maximum absolute atomic E-state index is 13.0. The van der Waals surface area contributed by atoms with Crippen molar-refractivity contribution in [2.24, 2.45) is 0 Å². The number of aryl methyl sites for hydroxylation is 1. The molecule has 3 rings (SSSR count). The van der Waals surface area contributed by atoms with Gasteiger partial charge in [0.05, 0.1) is 16.0 Å². The van der Waals surface area contributed by atoms with Crippen LogP contribution in [0, 0.1) is 6.92 Å². The number of anilines is 1. The topological polar surface area (TPSA) is 93.2 Å². The number of thiazole rings is 1. The molecule has 6 nitrogen and oxygen atoms in total. The van der Waals surface area contributed by atoms with E-state index in [4.69, 9.17) is 0 Å². The first-order valence-corrected chi connectivity index (χ1v) is 12.1. The Hall–Kier alpha value is -2.23. The molecule has 0 unspecified atom stereocenters. The van der Waals surface area contributed by atoms with Crippen molar-refractivity contribution in [3.63, 3.8) is 0 Å². The first-order valence-electron chi connectivity index (χ1n) is 7.92. The summed E-state index contributed by atoms with van der Waals surface area (Å²) in [6.45, 7) is 1.94. The summed E-state index contributed by atoms with van der Waals surface area (Å²) >= 11 is 0.992. The molecule has 2 aromatic carbocycles. The minimum Gasteiger partial charge on any atom is -0.365 e. The molecule has 0 radical (unpaired) electrons. The molecule has 0 bridgehead atoms. The van der Waals surface area contributed by atoms with Crippen molar-refractivity contribution in [3.05, 3.63) is 54.2 Å². The van der Waals surface area contributed by atoms with Crippen molar-refractivity contribution < 1.29 is 16.8 Å². The third-order valence-electron chi connectivity index (χ3n) is 3.97. The Bertz CT molecular complexity index is 1200. The van der Waals surface area contributed by atoms with Crippen LogP contribution < -0.4 is 5.32 Å². The van der Waals surface area contributed by atoms with Gasteiger partial charge in [-0.2, -0.15) is 0 Å². The zero-order chi connectivity index (χ0) is 19.8. The van der Waals surface area contributed by atoms with Gasteiger partial charge in [0, 0.05) is 13.3 Å². The molecule has 1 aromatic heterocycles. The van der Waals surface area contributed by atoms with Crippen molar-refractivity contribution in [1.82, 2.24) is 4.98 Å². The maximum Gasteiger partial charge on any atom is 0.217 e. The molecule has 142 valence electrons. The van der Waals surface area contributed by atoms with Crippen molar-refractivity contribution >= 4 is 36.1 Å². The Morgan fingerprint density at radius 3 is 2.11 bits per heavy atom. The number of rotatable bonds is 5. The van der Waals surface area contributed by atoms with Crippen molar-refractivity contribution in [2.75, 3.05) is 18.6 Å². The summed E-state index contributed by atoms with van der Waals surface area (Å²) in [4.78, 5) is 3.88. The van der Waals surface area contributed by atoms with E-state index in [-0.39, 0.29) is 14.0 Å². The van der Waals surface area contributed by atoms with Crippen molar-refractivity contribution in [3.8, 4) is 11.1 Å². The molecule has 9 heteroatoms. The summed E-state index contributed by atoms with van der Waals surface area (Å²) < 4.78 is 50.3. The molecular formula is C18H18N2O4S3. The molecule has 0 fully saturated rings. The zero-order valence-electron chi connectivity index (χ0n) is 14.9. The molecule has 0 saturated carbocycles. The summed E-state index contributed by atoms with van der Waals surface area (Å²) in [6.07, 6.45) is 2.33. The number of hydrogen-bond acceptors (Lipinski definition) is 7. The minimum absolute atomic E-state index is 0.0440. The van der Waals surface area contributed by atoms with Crippen molar-refractivity contribution in [2.45, 2.75) is 20.9 Å². The van der Waals surface area contributed by atoms with E-state index in [1.807, 2.05) is 31.2 Å². The molecule has 0 saturated heterocycles. The van der Waals surface area contributed by atoms with E-state index in [0.29, 0.717) is 10.7 Å². The highest BCUT2D eigenvalue weighted by Crippen LogP contribution is 2.33. The van der Waals surface area contributed by atoms with Gasteiger partial charge in [-0.05, 0) is 36.2 Å². The highest BCUT2D eigenvalue weighted by Gasteiger charge is 2.24. The molecule has 3 aromatic rings. The van der Waals surface area contributed by atoms with Gasteiger partial charge in [-0.25, -0.2) is 21.8 Å². The predicted octanol–water partition coefficient (Wildman–Crippen LogP) is 3.40. The standard InChI is InChI=1S/C18H18N2O4S3/c1-12-4-6-13(7-5-12)14-8-15(26(3,21)22)10-16(9-14)27(23,24)17-11-20-18(19-2)25-17/h4-11H,1-3H3,(H,19,20). The predicted molar refractivity (Wildman–Crippen MR) is 107 cm³/mol. The van der Waals surface area contributed by atoms with E-state index in [2.05, 4.69) is 10.3 Å². The van der Waals surface area contributed by atoms with Gasteiger partial charge < -0.3 is 5.32 Å². The van der Waals surface area contributed by atoms with Crippen LogP contribution in [0.2, 0.25) is 0 Å². The van der Waals surface area contributed by atoms with Crippen molar-refractivity contribution in [1.29, 1.82) is 0 Å². The molecule has 1 N–H and O–H groups in total. The van der Waals surface area contributed by atoms with Gasteiger partial charge >= 0.3 is 0 Å². The monoisotopic (exact) mass is 422 g/mol. The van der Waals surface area contributed by atoms with Crippen LogP contribution in [0.25, 0.3) is 11.1 Å². The van der Waals surface area contributed by atoms with Crippen LogP contribution in [-0.2, 0) is 19.7 Å². The van der Waals surface area contributed by atoms with E-state index in [9.17, 15) is 16.8 Å². The second-order valence-electron chi connectivity index (χ2n) is 6.07. The van der Waals surface area contributed by atoms with E-state index in [1.165, 1.54) is 24.4 Å². The highest BCUT2D eigenvalue weighted by atomic mass is 32.2. The van der Waals surface area contributed by atoms with Crippen LogP contribution in [0.1, 0.15) is 5.56 Å². The van der Waals surface area contributed by atoms with Crippen LogP contribution in [0.5, 0.6) is 0 Å². The average molecular weight is 423 g/mol. The lowest BCUT2D eigenvalue weighted by Crippen LogP contribution is -2.04. The second-order valence-corrected chi connectivity index (χ2v) is 11.3. The summed E-state index contributed by atoms with van der Waals surface area (Å²) in [5, 5.41) is 3.26. The van der Waals surface area contributed by atoms with E-state index >= 15 is 0 Å². The lowest BCUT2D eigenvalue weighted by Gasteiger charge is -2.10. The molecule has 0 aliphatic carbocycles. The molecule has 27 heavy (non-hydrogen) atoms. The Kier molecular flexibility index (Phi) is 5.11. The Balaban J connectivity index is 2.23. The number of aromatic nitrogens is 1. The summed E-state index contributed by atoms with van der Waals surface area (Å²) in [5.41, 5.74) is 2.31. The third kappa shape index (κ3) is 4.05. The molecule has 0 atom stereocenters. The molecule has 0 aliphatic rings. The van der Waals surface area contributed by atoms with Crippen LogP contribution in [-0.4, -0.2) is 35.1 Å². The van der Waals surface area contributed by atoms with Crippen LogP contribution in [0.4, 0.5) is 5.13 Å². The SMILES string of the molecule is CNc1ncc(S(=O)(=O)c2cc(-c3ccc(C)cc3)cc(S(C)(=O)=O)c2)s1. The lowest BCUT2D eigenvalue weighted by atomic mass is 10.0. The van der Waals surface area contributed by atoms with Gasteiger partial charge in [0.25, 0.3) is 0 Å². The lowest BCUT2D eigenvalue weighted by molar-refractivity contribution is 0.597. The van der Waals surface area contributed by atoms with Gasteiger partial charge in [0.1, 0.15) is 4.21 Å². The molecule has 1 heterocycles. The van der Waals surface area contributed by atoms with Crippen LogP contribution >= 0.6 is 11.3 Å². The van der Waals surface area contributed by atoms with E-state index in [0.717, 1.165) is 28.7 Å². The fourth-order valence-electron chi connectivity index (χ4n) is 2.47. The van der Waals surface area contributed by atoms with E-state index in [1.54, 1.807) is 7.05 Å². The fourth-order valence-corrected chi connectivity index (χ4v) is 5.68. The Morgan fingerprint density at radius 1 is 0.926 bits per heavy atom.